The monoisotopic (exact) mass is 380 g/mol. The van der Waals surface area contributed by atoms with Crippen LogP contribution in [0.25, 0.3) is 11.3 Å². The normalized spacial score (nSPS) is 30.1. The average molecular weight is 380 g/mol. The van der Waals surface area contributed by atoms with Gasteiger partial charge in [0.05, 0.1) is 12.3 Å². The molecular weight excluding hydrogens is 352 g/mol. The number of alkyl carbamates (subject to hydrolysis) is 1. The summed E-state index contributed by atoms with van der Waals surface area (Å²) >= 11 is 0. The number of nitrogens with zero attached hydrogens (tertiary/aromatic N) is 1. The summed E-state index contributed by atoms with van der Waals surface area (Å²) in [4.78, 5) is 15.1. The van der Waals surface area contributed by atoms with Crippen molar-refractivity contribution in [1.82, 2.24) is 10.2 Å². The van der Waals surface area contributed by atoms with Crippen molar-refractivity contribution in [2.75, 3.05) is 19.6 Å². The molecule has 3 fully saturated rings. The molecular formula is C23H28N2O3. The summed E-state index contributed by atoms with van der Waals surface area (Å²) in [6.45, 7) is 7.59. The second-order valence-electron chi connectivity index (χ2n) is 9.22. The predicted molar refractivity (Wildman–Crippen MR) is 107 cm³/mol. The van der Waals surface area contributed by atoms with Crippen molar-refractivity contribution in [2.24, 2.45) is 11.3 Å². The average Bonchev–Trinajstić information content (AvgIpc) is 3.29. The highest BCUT2D eigenvalue weighted by molar-refractivity contribution is 5.69. The lowest BCUT2D eigenvalue weighted by Crippen LogP contribution is -2.53. The van der Waals surface area contributed by atoms with Gasteiger partial charge in [-0.2, -0.15) is 0 Å². The highest BCUT2D eigenvalue weighted by atomic mass is 16.6. The van der Waals surface area contributed by atoms with Gasteiger partial charge in [-0.1, -0.05) is 26.0 Å². The van der Waals surface area contributed by atoms with E-state index in [4.69, 9.17) is 9.15 Å². The Morgan fingerprint density at radius 2 is 2.07 bits per heavy atom. The Morgan fingerprint density at radius 3 is 2.75 bits per heavy atom. The van der Waals surface area contributed by atoms with Crippen LogP contribution in [0.3, 0.4) is 0 Å². The summed E-state index contributed by atoms with van der Waals surface area (Å²) in [5.41, 5.74) is 3.48. The molecule has 1 aromatic carbocycles. The maximum atomic E-state index is 12.7. The summed E-state index contributed by atoms with van der Waals surface area (Å²) in [6, 6.07) is 10.2. The summed E-state index contributed by atoms with van der Waals surface area (Å²) in [5.74, 6) is 1.40. The zero-order chi connectivity index (χ0) is 19.3. The molecule has 3 saturated heterocycles. The standard InChI is InChI=1S/C23H28N2O3/c1-23(2)13-17-12-16(19-4-3-11-27-19)5-6-18(17)21(23)24-22(26)28-20-14-25-9-7-15(20)8-10-25/h3-6,11-12,15,20-21H,7-10,13-14H2,1-2H3,(H,24,26)/t20-,21?/m1/s1. The lowest BCUT2D eigenvalue weighted by atomic mass is 9.85. The van der Waals surface area contributed by atoms with E-state index in [1.807, 2.05) is 12.1 Å². The smallest absolute Gasteiger partial charge is 0.407 e. The van der Waals surface area contributed by atoms with Crippen LogP contribution in [-0.4, -0.2) is 36.7 Å². The highest BCUT2D eigenvalue weighted by Gasteiger charge is 2.42. The molecule has 6 rings (SSSR count). The molecule has 3 aliphatic heterocycles. The van der Waals surface area contributed by atoms with Crippen molar-refractivity contribution in [1.29, 1.82) is 0 Å². The van der Waals surface area contributed by atoms with Crippen molar-refractivity contribution >= 4 is 6.09 Å². The molecule has 28 heavy (non-hydrogen) atoms. The number of carbonyl (C=O) groups is 1. The Balaban J connectivity index is 1.32. The molecule has 0 spiro atoms. The zero-order valence-electron chi connectivity index (χ0n) is 16.6. The van der Waals surface area contributed by atoms with E-state index < -0.39 is 0 Å². The van der Waals surface area contributed by atoms with Crippen molar-refractivity contribution in [2.45, 2.75) is 45.3 Å². The summed E-state index contributed by atoms with van der Waals surface area (Å²) < 4.78 is 11.4. The number of carbonyl (C=O) groups excluding carboxylic acids is 1. The molecule has 2 aromatic rings. The number of hydrogen-bond acceptors (Lipinski definition) is 4. The van der Waals surface area contributed by atoms with E-state index in [0.29, 0.717) is 5.92 Å². The van der Waals surface area contributed by atoms with Crippen LogP contribution in [0.1, 0.15) is 43.9 Å². The van der Waals surface area contributed by atoms with Crippen LogP contribution in [0.5, 0.6) is 0 Å². The molecule has 2 bridgehead atoms. The number of piperidine rings is 3. The minimum Gasteiger partial charge on any atom is -0.464 e. The molecule has 5 heteroatoms. The SMILES string of the molecule is CC1(C)Cc2cc(-c3ccco3)ccc2C1NC(=O)O[C@@H]1CN2CCC1CC2. The van der Waals surface area contributed by atoms with E-state index in [2.05, 4.69) is 42.3 Å². The Morgan fingerprint density at radius 1 is 1.25 bits per heavy atom. The largest absolute Gasteiger partial charge is 0.464 e. The molecule has 1 aliphatic carbocycles. The fraction of sp³-hybridized carbons (Fsp3) is 0.522. The fourth-order valence-corrected chi connectivity index (χ4v) is 5.26. The maximum absolute atomic E-state index is 12.7. The number of furan rings is 1. The van der Waals surface area contributed by atoms with Gasteiger partial charge in [0.15, 0.2) is 0 Å². The third kappa shape index (κ3) is 3.12. The van der Waals surface area contributed by atoms with Crippen LogP contribution < -0.4 is 5.32 Å². The van der Waals surface area contributed by atoms with Gasteiger partial charge in [0, 0.05) is 12.1 Å². The molecule has 1 aromatic heterocycles. The van der Waals surface area contributed by atoms with Crippen LogP contribution in [0, 0.1) is 11.3 Å². The third-order valence-electron chi connectivity index (χ3n) is 6.80. The van der Waals surface area contributed by atoms with E-state index in [9.17, 15) is 4.79 Å². The second-order valence-corrected chi connectivity index (χ2v) is 9.22. The number of benzene rings is 1. The lowest BCUT2D eigenvalue weighted by molar-refractivity contribution is -0.0348. The Hall–Kier alpha value is -2.27. The van der Waals surface area contributed by atoms with Crippen molar-refractivity contribution < 1.29 is 13.9 Å². The maximum Gasteiger partial charge on any atom is 0.407 e. The van der Waals surface area contributed by atoms with Crippen LogP contribution in [0.2, 0.25) is 0 Å². The van der Waals surface area contributed by atoms with E-state index in [-0.39, 0.29) is 23.7 Å². The first kappa shape index (κ1) is 17.8. The van der Waals surface area contributed by atoms with Gasteiger partial charge in [-0.05, 0) is 73.0 Å². The van der Waals surface area contributed by atoms with Crippen molar-refractivity contribution in [3.05, 3.63) is 47.7 Å². The highest BCUT2D eigenvalue weighted by Crippen LogP contribution is 2.46. The molecule has 2 atom stereocenters. The first-order valence-corrected chi connectivity index (χ1v) is 10.4. The van der Waals surface area contributed by atoms with Gasteiger partial charge in [0.25, 0.3) is 0 Å². The minimum atomic E-state index is -0.278. The van der Waals surface area contributed by atoms with Crippen molar-refractivity contribution in [3.8, 4) is 11.3 Å². The zero-order valence-corrected chi connectivity index (χ0v) is 16.6. The molecule has 1 N–H and O–H groups in total. The quantitative estimate of drug-likeness (QED) is 0.858. The van der Waals surface area contributed by atoms with Crippen molar-refractivity contribution in [3.63, 3.8) is 0 Å². The van der Waals surface area contributed by atoms with Gasteiger partial charge >= 0.3 is 6.09 Å². The molecule has 1 amide bonds. The number of rotatable bonds is 3. The summed E-state index contributed by atoms with van der Waals surface area (Å²) in [5, 5.41) is 3.18. The van der Waals surface area contributed by atoms with Gasteiger partial charge < -0.3 is 14.5 Å². The number of ether oxygens (including phenoxy) is 1. The van der Waals surface area contributed by atoms with Crippen LogP contribution in [-0.2, 0) is 11.2 Å². The van der Waals surface area contributed by atoms with Gasteiger partial charge in [-0.3, -0.25) is 4.90 Å². The van der Waals surface area contributed by atoms with Gasteiger partial charge in [0.1, 0.15) is 11.9 Å². The fourth-order valence-electron chi connectivity index (χ4n) is 5.26. The summed E-state index contributed by atoms with van der Waals surface area (Å²) in [6.07, 6.45) is 4.66. The van der Waals surface area contributed by atoms with Gasteiger partial charge in [-0.25, -0.2) is 4.79 Å². The predicted octanol–water partition coefficient (Wildman–Crippen LogP) is 4.39. The number of hydrogen-bond donors (Lipinski definition) is 1. The molecule has 0 saturated carbocycles. The summed E-state index contributed by atoms with van der Waals surface area (Å²) in [7, 11) is 0. The third-order valence-corrected chi connectivity index (χ3v) is 6.80. The molecule has 1 unspecified atom stereocenters. The first-order chi connectivity index (χ1) is 13.5. The van der Waals surface area contributed by atoms with E-state index >= 15 is 0 Å². The van der Waals surface area contributed by atoms with Crippen LogP contribution in [0.15, 0.2) is 41.0 Å². The second kappa shape index (κ2) is 6.66. The van der Waals surface area contributed by atoms with Gasteiger partial charge in [0.2, 0.25) is 0 Å². The minimum absolute atomic E-state index is 0.0350. The topological polar surface area (TPSA) is 54.7 Å². The van der Waals surface area contributed by atoms with E-state index in [1.165, 1.54) is 11.1 Å². The van der Waals surface area contributed by atoms with E-state index in [1.54, 1.807) is 6.26 Å². The first-order valence-electron chi connectivity index (χ1n) is 10.4. The van der Waals surface area contributed by atoms with E-state index in [0.717, 1.165) is 50.2 Å². The molecule has 148 valence electrons. The molecule has 5 nitrogen and oxygen atoms in total. The van der Waals surface area contributed by atoms with Crippen LogP contribution in [0.4, 0.5) is 4.79 Å². The van der Waals surface area contributed by atoms with Gasteiger partial charge in [-0.15, -0.1) is 0 Å². The molecule has 4 heterocycles. The van der Waals surface area contributed by atoms with Crippen LogP contribution >= 0.6 is 0 Å². The Bertz CT molecular complexity index is 866. The number of fused-ring (bicyclic) bond motifs is 4. The lowest BCUT2D eigenvalue weighted by Gasteiger charge is -2.44. The Labute approximate surface area is 166 Å². The number of nitrogens with one attached hydrogen (secondary N) is 1. The number of amides is 1. The molecule has 4 aliphatic rings. The molecule has 0 radical (unpaired) electrons. The Kier molecular flexibility index (Phi) is 4.23.